The number of piperidine rings is 1. The number of benzene rings is 1. The van der Waals surface area contributed by atoms with E-state index in [0.717, 1.165) is 5.92 Å². The molecule has 0 amide bonds. The van der Waals surface area contributed by atoms with Gasteiger partial charge in [0.25, 0.3) is 0 Å². The van der Waals surface area contributed by atoms with E-state index in [1.807, 2.05) is 0 Å². The molecule has 140 valence electrons. The highest BCUT2D eigenvalue weighted by molar-refractivity contribution is 5.47. The zero-order valence-corrected chi connectivity index (χ0v) is 17.0. The third-order valence-corrected chi connectivity index (χ3v) is 9.89. The molecule has 4 aliphatic carbocycles. The molecule has 5 fully saturated rings. The molecule has 5 aliphatic rings. The highest BCUT2D eigenvalue weighted by Crippen LogP contribution is 2.93. The van der Waals surface area contributed by atoms with Gasteiger partial charge in [0.1, 0.15) is 0 Å². The molecule has 0 aromatic heterocycles. The van der Waals surface area contributed by atoms with Crippen molar-refractivity contribution in [2.24, 2.45) is 27.6 Å². The molecule has 6 rings (SSSR count). The summed E-state index contributed by atoms with van der Waals surface area (Å²) in [5.74, 6) is 1.02. The quantitative estimate of drug-likeness (QED) is 0.682. The van der Waals surface area contributed by atoms with Crippen LogP contribution in [-0.2, 0) is 5.41 Å². The van der Waals surface area contributed by atoms with Crippen LogP contribution in [0.2, 0.25) is 0 Å². The number of nitrogens with zero attached hydrogens (tertiary/aromatic N) is 1. The van der Waals surface area contributed by atoms with Crippen LogP contribution in [0.15, 0.2) is 30.3 Å². The second-order valence-corrected chi connectivity index (χ2v) is 12.1. The lowest BCUT2D eigenvalue weighted by Crippen LogP contribution is -2.74. The SMILES string of the molecule is CC1(C)CCCN(CC23CC4C[C@]5(C)C[C@@](c6ccccc6)(C2)C45C3)C1. The molecule has 4 saturated carbocycles. The average Bonchev–Trinajstić information content (AvgIpc) is 3.02. The van der Waals surface area contributed by atoms with E-state index in [-0.39, 0.29) is 0 Å². The van der Waals surface area contributed by atoms with Gasteiger partial charge >= 0.3 is 0 Å². The summed E-state index contributed by atoms with van der Waals surface area (Å²) < 4.78 is 0. The Balaban J connectivity index is 1.35. The minimum absolute atomic E-state index is 0.522. The van der Waals surface area contributed by atoms with Crippen LogP contribution in [0, 0.1) is 27.6 Å². The highest BCUT2D eigenvalue weighted by atomic mass is 15.2. The van der Waals surface area contributed by atoms with Crippen LogP contribution in [0.4, 0.5) is 0 Å². The van der Waals surface area contributed by atoms with Crippen molar-refractivity contribution in [3.63, 3.8) is 0 Å². The van der Waals surface area contributed by atoms with Crippen molar-refractivity contribution in [1.82, 2.24) is 4.90 Å². The van der Waals surface area contributed by atoms with Gasteiger partial charge in [-0.15, -0.1) is 0 Å². The van der Waals surface area contributed by atoms with Crippen LogP contribution >= 0.6 is 0 Å². The summed E-state index contributed by atoms with van der Waals surface area (Å²) in [5, 5.41) is 0. The molecule has 2 bridgehead atoms. The van der Waals surface area contributed by atoms with Gasteiger partial charge in [-0.2, -0.15) is 0 Å². The summed E-state index contributed by atoms with van der Waals surface area (Å²) >= 11 is 0. The van der Waals surface area contributed by atoms with Crippen molar-refractivity contribution in [2.75, 3.05) is 19.6 Å². The van der Waals surface area contributed by atoms with Crippen LogP contribution in [-0.4, -0.2) is 24.5 Å². The molecule has 1 heteroatoms. The molecule has 0 radical (unpaired) electrons. The molecular weight excluding hydrogens is 314 g/mol. The Morgan fingerprint density at radius 1 is 1.00 bits per heavy atom. The Kier molecular flexibility index (Phi) is 2.86. The van der Waals surface area contributed by atoms with Gasteiger partial charge in [-0.25, -0.2) is 0 Å². The molecule has 1 saturated heterocycles. The van der Waals surface area contributed by atoms with E-state index in [2.05, 4.69) is 56.0 Å². The van der Waals surface area contributed by atoms with Gasteiger partial charge in [0, 0.05) is 18.5 Å². The lowest BCUT2D eigenvalue weighted by molar-refractivity contribution is -0.271. The van der Waals surface area contributed by atoms with Crippen molar-refractivity contribution in [1.29, 1.82) is 0 Å². The molecule has 3 unspecified atom stereocenters. The normalized spacial score (nSPS) is 50.8. The largest absolute Gasteiger partial charge is 0.302 e. The maximum absolute atomic E-state index is 2.87. The fraction of sp³-hybridized carbons (Fsp3) is 0.760. The van der Waals surface area contributed by atoms with E-state index in [9.17, 15) is 0 Å². The Hall–Kier alpha value is -0.820. The lowest BCUT2D eigenvalue weighted by Gasteiger charge is -2.79. The summed E-state index contributed by atoms with van der Waals surface area (Å²) in [6.45, 7) is 11.7. The minimum atomic E-state index is 0.522. The molecular formula is C25H35N. The van der Waals surface area contributed by atoms with E-state index < -0.39 is 0 Å². The van der Waals surface area contributed by atoms with E-state index in [1.54, 1.807) is 5.56 Å². The number of hydrogen-bond acceptors (Lipinski definition) is 1. The van der Waals surface area contributed by atoms with Gasteiger partial charge in [0.15, 0.2) is 0 Å². The second-order valence-electron chi connectivity index (χ2n) is 12.1. The fourth-order valence-corrected chi connectivity index (χ4v) is 9.68. The Morgan fingerprint density at radius 2 is 1.81 bits per heavy atom. The summed E-state index contributed by atoms with van der Waals surface area (Å²) in [5.41, 5.74) is 4.66. The first kappa shape index (κ1) is 16.2. The molecule has 26 heavy (non-hydrogen) atoms. The predicted octanol–water partition coefficient (Wildman–Crippen LogP) is 5.65. The molecule has 1 heterocycles. The Morgan fingerprint density at radius 3 is 2.54 bits per heavy atom. The molecule has 5 atom stereocenters. The highest BCUT2D eigenvalue weighted by Gasteiger charge is 2.88. The number of fused-ring (bicyclic) bond motifs is 1. The van der Waals surface area contributed by atoms with E-state index in [4.69, 9.17) is 0 Å². The molecule has 1 aliphatic heterocycles. The van der Waals surface area contributed by atoms with Crippen molar-refractivity contribution < 1.29 is 0 Å². The smallest absolute Gasteiger partial charge is 0.00388 e. The van der Waals surface area contributed by atoms with Crippen molar-refractivity contribution in [3.05, 3.63) is 35.9 Å². The van der Waals surface area contributed by atoms with Gasteiger partial charge in [-0.1, -0.05) is 51.1 Å². The maximum Gasteiger partial charge on any atom is 0.00388 e. The van der Waals surface area contributed by atoms with Crippen molar-refractivity contribution >= 4 is 0 Å². The van der Waals surface area contributed by atoms with Crippen LogP contribution in [0.1, 0.15) is 71.3 Å². The maximum atomic E-state index is 2.87. The lowest BCUT2D eigenvalue weighted by atomic mass is 9.24. The summed E-state index contributed by atoms with van der Waals surface area (Å²) in [4.78, 5) is 2.87. The topological polar surface area (TPSA) is 3.24 Å². The van der Waals surface area contributed by atoms with Crippen LogP contribution in [0.3, 0.4) is 0 Å². The fourth-order valence-electron chi connectivity index (χ4n) is 9.68. The van der Waals surface area contributed by atoms with Gasteiger partial charge in [-0.3, -0.25) is 0 Å². The van der Waals surface area contributed by atoms with Crippen molar-refractivity contribution in [2.45, 2.75) is 71.1 Å². The Labute approximate surface area is 159 Å². The van der Waals surface area contributed by atoms with Crippen LogP contribution in [0.5, 0.6) is 0 Å². The third kappa shape index (κ3) is 1.69. The van der Waals surface area contributed by atoms with Crippen molar-refractivity contribution in [3.8, 4) is 0 Å². The van der Waals surface area contributed by atoms with Gasteiger partial charge in [-0.05, 0) is 84.6 Å². The first-order chi connectivity index (χ1) is 12.3. The standard InChI is InChI=1S/C25H35N/c1-21(2)10-7-11-26(17-21)18-23-13-20-12-22(3)14-24(15-23,25(20,22)16-23)19-8-5-4-6-9-19/h4-6,8-9,20H,7,10-18H2,1-3H3/t20?,22-,23?,24+,25?/m1/s1. The summed E-state index contributed by atoms with van der Waals surface area (Å²) in [6.07, 6.45) is 10.4. The third-order valence-electron chi connectivity index (χ3n) is 9.89. The van der Waals surface area contributed by atoms with Crippen LogP contribution in [0.25, 0.3) is 0 Å². The predicted molar refractivity (Wildman–Crippen MR) is 107 cm³/mol. The minimum Gasteiger partial charge on any atom is -0.302 e. The van der Waals surface area contributed by atoms with E-state index in [1.165, 1.54) is 64.6 Å². The molecule has 1 aromatic carbocycles. The first-order valence-electron chi connectivity index (χ1n) is 11.1. The zero-order chi connectivity index (χ0) is 17.8. The number of rotatable bonds is 3. The van der Waals surface area contributed by atoms with Gasteiger partial charge in [0.05, 0.1) is 0 Å². The number of likely N-dealkylation sites (tertiary alicyclic amines) is 1. The second kappa shape index (κ2) is 4.59. The Bertz CT molecular complexity index is 753. The average molecular weight is 350 g/mol. The monoisotopic (exact) mass is 349 g/mol. The van der Waals surface area contributed by atoms with E-state index in [0.29, 0.717) is 27.1 Å². The summed E-state index contributed by atoms with van der Waals surface area (Å²) in [7, 11) is 0. The zero-order valence-electron chi connectivity index (χ0n) is 17.0. The number of hydrogen-bond donors (Lipinski definition) is 0. The van der Waals surface area contributed by atoms with Crippen LogP contribution < -0.4 is 0 Å². The van der Waals surface area contributed by atoms with Gasteiger partial charge in [0.2, 0.25) is 0 Å². The first-order valence-corrected chi connectivity index (χ1v) is 11.1. The molecule has 1 aromatic rings. The molecule has 0 N–H and O–H groups in total. The van der Waals surface area contributed by atoms with E-state index >= 15 is 0 Å². The molecule has 1 nitrogen and oxygen atoms in total. The molecule has 1 spiro atoms. The summed E-state index contributed by atoms with van der Waals surface area (Å²) in [6, 6.07) is 11.7. The van der Waals surface area contributed by atoms with Gasteiger partial charge < -0.3 is 4.90 Å².